The average Bonchev–Trinajstić information content (AvgIpc) is 2.93. The monoisotopic (exact) mass is 325 g/mol. The fourth-order valence-electron chi connectivity index (χ4n) is 2.68. The van der Waals surface area contributed by atoms with Crippen LogP contribution in [-0.2, 0) is 17.6 Å². The van der Waals surface area contributed by atoms with Gasteiger partial charge >= 0.3 is 0 Å². The molecule has 1 heterocycles. The standard InChI is InChI=1S/C19H20FN3O/c1-13-22-17-8-4-15(12-18(17)23-13)10-11-21-19(24)9-5-14-2-6-16(20)7-3-14/h2-4,6-8,12H,5,9-11H2,1H3,(H,21,24)(H,22,23). The van der Waals surface area contributed by atoms with Gasteiger partial charge in [0.2, 0.25) is 5.91 Å². The number of H-pyrrole nitrogens is 1. The number of hydrogen-bond acceptors (Lipinski definition) is 2. The van der Waals surface area contributed by atoms with E-state index in [-0.39, 0.29) is 11.7 Å². The topological polar surface area (TPSA) is 57.8 Å². The van der Waals surface area contributed by atoms with Gasteiger partial charge in [0.15, 0.2) is 0 Å². The highest BCUT2D eigenvalue weighted by Crippen LogP contribution is 2.13. The third-order valence-corrected chi connectivity index (χ3v) is 3.95. The van der Waals surface area contributed by atoms with Crippen LogP contribution >= 0.6 is 0 Å². The van der Waals surface area contributed by atoms with Crippen LogP contribution in [0.2, 0.25) is 0 Å². The summed E-state index contributed by atoms with van der Waals surface area (Å²) in [4.78, 5) is 19.5. The number of amides is 1. The SMILES string of the molecule is Cc1nc2ccc(CCNC(=O)CCc3ccc(F)cc3)cc2[nH]1. The summed E-state index contributed by atoms with van der Waals surface area (Å²) in [6.07, 6.45) is 1.80. The van der Waals surface area contributed by atoms with Crippen molar-refractivity contribution in [2.75, 3.05) is 6.54 Å². The molecule has 3 rings (SSSR count). The number of benzene rings is 2. The van der Waals surface area contributed by atoms with Crippen molar-refractivity contribution in [1.82, 2.24) is 15.3 Å². The molecule has 0 unspecified atom stereocenters. The van der Waals surface area contributed by atoms with Crippen molar-refractivity contribution in [3.05, 3.63) is 65.2 Å². The maximum atomic E-state index is 12.8. The highest BCUT2D eigenvalue weighted by molar-refractivity contribution is 5.77. The first kappa shape index (κ1) is 16.2. The average molecular weight is 325 g/mol. The number of hydrogen-bond donors (Lipinski definition) is 2. The summed E-state index contributed by atoms with van der Waals surface area (Å²) < 4.78 is 12.8. The molecule has 2 N–H and O–H groups in total. The molecule has 0 aliphatic heterocycles. The molecule has 0 radical (unpaired) electrons. The number of halogens is 1. The lowest BCUT2D eigenvalue weighted by molar-refractivity contribution is -0.121. The molecular formula is C19H20FN3O. The summed E-state index contributed by atoms with van der Waals surface area (Å²) in [5.41, 5.74) is 4.10. The zero-order chi connectivity index (χ0) is 16.9. The Hall–Kier alpha value is -2.69. The Morgan fingerprint density at radius 3 is 2.67 bits per heavy atom. The zero-order valence-corrected chi connectivity index (χ0v) is 13.6. The van der Waals surface area contributed by atoms with E-state index in [1.807, 2.05) is 19.1 Å². The molecule has 3 aromatic rings. The van der Waals surface area contributed by atoms with Crippen LogP contribution in [0.15, 0.2) is 42.5 Å². The molecule has 1 amide bonds. The van der Waals surface area contributed by atoms with Crippen molar-refractivity contribution in [1.29, 1.82) is 0 Å². The van der Waals surface area contributed by atoms with Gasteiger partial charge in [0.1, 0.15) is 11.6 Å². The second-order valence-electron chi connectivity index (χ2n) is 5.90. The number of nitrogens with zero attached hydrogens (tertiary/aromatic N) is 1. The Morgan fingerprint density at radius 1 is 1.12 bits per heavy atom. The number of aromatic nitrogens is 2. The van der Waals surface area contributed by atoms with Crippen LogP contribution in [0.4, 0.5) is 4.39 Å². The van der Waals surface area contributed by atoms with Gasteiger partial charge in [0.25, 0.3) is 0 Å². The van der Waals surface area contributed by atoms with Crippen LogP contribution in [-0.4, -0.2) is 22.4 Å². The predicted molar refractivity (Wildman–Crippen MR) is 92.3 cm³/mol. The largest absolute Gasteiger partial charge is 0.356 e. The number of fused-ring (bicyclic) bond motifs is 1. The third kappa shape index (κ3) is 4.19. The van der Waals surface area contributed by atoms with E-state index < -0.39 is 0 Å². The highest BCUT2D eigenvalue weighted by Gasteiger charge is 2.04. The van der Waals surface area contributed by atoms with Crippen LogP contribution in [0.5, 0.6) is 0 Å². The summed E-state index contributed by atoms with van der Waals surface area (Å²) in [5, 5.41) is 2.93. The molecule has 24 heavy (non-hydrogen) atoms. The minimum Gasteiger partial charge on any atom is -0.356 e. The van der Waals surface area contributed by atoms with Crippen LogP contribution < -0.4 is 5.32 Å². The van der Waals surface area contributed by atoms with Crippen LogP contribution in [0.25, 0.3) is 11.0 Å². The molecule has 0 aliphatic carbocycles. The van der Waals surface area contributed by atoms with E-state index in [4.69, 9.17) is 0 Å². The molecule has 5 heteroatoms. The quantitative estimate of drug-likeness (QED) is 0.730. The Kier molecular flexibility index (Phi) is 4.89. The third-order valence-electron chi connectivity index (χ3n) is 3.95. The molecule has 0 atom stereocenters. The fourth-order valence-corrected chi connectivity index (χ4v) is 2.68. The number of aromatic amines is 1. The second kappa shape index (κ2) is 7.25. The van der Waals surface area contributed by atoms with Crippen molar-refractivity contribution in [3.63, 3.8) is 0 Å². The first-order valence-corrected chi connectivity index (χ1v) is 8.06. The first-order chi connectivity index (χ1) is 11.6. The molecular weight excluding hydrogens is 305 g/mol. The maximum Gasteiger partial charge on any atom is 0.220 e. The summed E-state index contributed by atoms with van der Waals surface area (Å²) in [5.74, 6) is 0.654. The summed E-state index contributed by atoms with van der Waals surface area (Å²) in [6.45, 7) is 2.53. The van der Waals surface area contributed by atoms with Crippen LogP contribution in [0.1, 0.15) is 23.4 Å². The van der Waals surface area contributed by atoms with Gasteiger partial charge in [-0.3, -0.25) is 4.79 Å². The molecule has 0 aliphatic rings. The van der Waals surface area contributed by atoms with E-state index in [1.54, 1.807) is 12.1 Å². The molecule has 0 fully saturated rings. The van der Waals surface area contributed by atoms with Crippen molar-refractivity contribution >= 4 is 16.9 Å². The number of nitrogens with one attached hydrogen (secondary N) is 2. The van der Waals surface area contributed by atoms with Gasteiger partial charge in [-0.15, -0.1) is 0 Å². The van der Waals surface area contributed by atoms with Gasteiger partial charge in [0, 0.05) is 13.0 Å². The van der Waals surface area contributed by atoms with Gasteiger partial charge in [-0.05, 0) is 55.2 Å². The molecule has 0 bridgehead atoms. The van der Waals surface area contributed by atoms with E-state index in [0.717, 1.165) is 34.4 Å². The normalized spacial score (nSPS) is 10.9. The smallest absolute Gasteiger partial charge is 0.220 e. The van der Waals surface area contributed by atoms with Crippen molar-refractivity contribution in [3.8, 4) is 0 Å². The van der Waals surface area contributed by atoms with Gasteiger partial charge in [0.05, 0.1) is 11.0 Å². The van der Waals surface area contributed by atoms with E-state index in [1.165, 1.54) is 12.1 Å². The summed E-state index contributed by atoms with van der Waals surface area (Å²) >= 11 is 0. The molecule has 0 saturated heterocycles. The lowest BCUT2D eigenvalue weighted by atomic mass is 10.1. The van der Waals surface area contributed by atoms with E-state index in [0.29, 0.717) is 19.4 Å². The van der Waals surface area contributed by atoms with E-state index in [2.05, 4.69) is 21.4 Å². The molecule has 4 nitrogen and oxygen atoms in total. The molecule has 1 aromatic heterocycles. The first-order valence-electron chi connectivity index (χ1n) is 8.06. The number of carbonyl (C=O) groups excluding carboxylic acids is 1. The van der Waals surface area contributed by atoms with Crippen molar-refractivity contribution in [2.24, 2.45) is 0 Å². The fraction of sp³-hybridized carbons (Fsp3) is 0.263. The van der Waals surface area contributed by atoms with Crippen LogP contribution in [0.3, 0.4) is 0 Å². The molecule has 2 aromatic carbocycles. The Bertz CT molecular complexity index is 839. The van der Waals surface area contributed by atoms with Crippen molar-refractivity contribution in [2.45, 2.75) is 26.2 Å². The summed E-state index contributed by atoms with van der Waals surface area (Å²) in [7, 11) is 0. The Morgan fingerprint density at radius 2 is 1.88 bits per heavy atom. The van der Waals surface area contributed by atoms with E-state index in [9.17, 15) is 9.18 Å². The van der Waals surface area contributed by atoms with Gasteiger partial charge < -0.3 is 10.3 Å². The minimum atomic E-state index is -0.257. The summed E-state index contributed by atoms with van der Waals surface area (Å²) in [6, 6.07) is 12.4. The van der Waals surface area contributed by atoms with Gasteiger partial charge in [-0.2, -0.15) is 0 Å². The maximum absolute atomic E-state index is 12.8. The lowest BCUT2D eigenvalue weighted by Crippen LogP contribution is -2.25. The minimum absolute atomic E-state index is 0.0118. The number of imidazole rings is 1. The number of rotatable bonds is 6. The molecule has 124 valence electrons. The van der Waals surface area contributed by atoms with Crippen LogP contribution in [0, 0.1) is 12.7 Å². The predicted octanol–water partition coefficient (Wildman–Crippen LogP) is 3.30. The molecule has 0 saturated carbocycles. The van der Waals surface area contributed by atoms with Gasteiger partial charge in [-0.25, -0.2) is 9.37 Å². The number of carbonyl (C=O) groups is 1. The Balaban J connectivity index is 1.44. The molecule has 0 spiro atoms. The second-order valence-corrected chi connectivity index (χ2v) is 5.90. The van der Waals surface area contributed by atoms with Gasteiger partial charge in [-0.1, -0.05) is 18.2 Å². The number of aryl methyl sites for hydroxylation is 2. The van der Waals surface area contributed by atoms with E-state index >= 15 is 0 Å². The van der Waals surface area contributed by atoms with Crippen molar-refractivity contribution < 1.29 is 9.18 Å². The zero-order valence-electron chi connectivity index (χ0n) is 13.6. The lowest BCUT2D eigenvalue weighted by Gasteiger charge is -2.06. The Labute approximate surface area is 140 Å². The highest BCUT2D eigenvalue weighted by atomic mass is 19.1.